The number of nitrogens with zero attached hydrogens (tertiary/aromatic N) is 1. The van der Waals surface area contributed by atoms with Gasteiger partial charge in [-0.05, 0) is 25.1 Å². The van der Waals surface area contributed by atoms with Gasteiger partial charge in [-0.25, -0.2) is 4.39 Å². The second kappa shape index (κ2) is 6.47. The Balaban J connectivity index is 2.39. The van der Waals surface area contributed by atoms with Crippen LogP contribution in [0.3, 0.4) is 0 Å². The molecule has 1 atom stereocenters. The van der Waals surface area contributed by atoms with Gasteiger partial charge in [-0.3, -0.25) is 0 Å². The molecule has 0 spiro atoms. The summed E-state index contributed by atoms with van der Waals surface area (Å²) < 4.78 is 13.9. The van der Waals surface area contributed by atoms with Gasteiger partial charge in [-0.1, -0.05) is 35.9 Å². The van der Waals surface area contributed by atoms with E-state index >= 15 is 0 Å². The Bertz CT molecular complexity index is 601. The Kier molecular flexibility index (Phi) is 4.90. The van der Waals surface area contributed by atoms with Crippen molar-refractivity contribution >= 4 is 28.9 Å². The summed E-state index contributed by atoms with van der Waals surface area (Å²) in [7, 11) is 1.92. The van der Waals surface area contributed by atoms with Gasteiger partial charge in [0.05, 0.1) is 11.9 Å². The third kappa shape index (κ3) is 2.92. The molecule has 0 saturated heterocycles. The SMILES string of the molecule is CC(c1ccccc1F)N(C)c1cccc(Cl)c1CCl. The lowest BCUT2D eigenvalue weighted by atomic mass is 10.0. The summed E-state index contributed by atoms with van der Waals surface area (Å²) in [4.78, 5) is 1.99. The molecular formula is C16H16Cl2FN. The van der Waals surface area contributed by atoms with E-state index in [1.54, 1.807) is 12.1 Å². The summed E-state index contributed by atoms with van der Waals surface area (Å²) >= 11 is 12.1. The molecule has 0 fully saturated rings. The van der Waals surface area contributed by atoms with Crippen LogP contribution in [0.4, 0.5) is 10.1 Å². The number of halogens is 3. The molecule has 0 amide bonds. The smallest absolute Gasteiger partial charge is 0.128 e. The Labute approximate surface area is 128 Å². The quantitative estimate of drug-likeness (QED) is 0.682. The first kappa shape index (κ1) is 15.1. The fraction of sp³-hybridized carbons (Fsp3) is 0.250. The minimum Gasteiger partial charge on any atom is -0.367 e. The molecule has 4 heteroatoms. The second-order valence-electron chi connectivity index (χ2n) is 4.68. The Morgan fingerprint density at radius 2 is 1.85 bits per heavy atom. The highest BCUT2D eigenvalue weighted by molar-refractivity contribution is 6.32. The Morgan fingerprint density at radius 3 is 2.50 bits per heavy atom. The van der Waals surface area contributed by atoms with Crippen LogP contribution in [0, 0.1) is 5.82 Å². The van der Waals surface area contributed by atoms with Crippen molar-refractivity contribution in [2.45, 2.75) is 18.8 Å². The van der Waals surface area contributed by atoms with Gasteiger partial charge in [-0.2, -0.15) is 0 Å². The molecule has 0 aliphatic heterocycles. The number of benzene rings is 2. The zero-order valence-electron chi connectivity index (χ0n) is 11.4. The van der Waals surface area contributed by atoms with E-state index in [1.165, 1.54) is 6.07 Å². The van der Waals surface area contributed by atoms with E-state index in [1.807, 2.05) is 43.1 Å². The average Bonchev–Trinajstić information content (AvgIpc) is 2.46. The molecule has 0 aromatic heterocycles. The number of hydrogen-bond acceptors (Lipinski definition) is 1. The fourth-order valence-corrected chi connectivity index (χ4v) is 2.83. The molecule has 0 N–H and O–H groups in total. The molecule has 106 valence electrons. The second-order valence-corrected chi connectivity index (χ2v) is 5.35. The molecule has 2 rings (SSSR count). The lowest BCUT2D eigenvalue weighted by Gasteiger charge is -2.29. The first-order chi connectivity index (χ1) is 9.56. The lowest BCUT2D eigenvalue weighted by molar-refractivity contribution is 0.585. The fourth-order valence-electron chi connectivity index (χ4n) is 2.24. The van der Waals surface area contributed by atoms with Crippen LogP contribution in [0.2, 0.25) is 5.02 Å². The molecule has 2 aromatic rings. The zero-order chi connectivity index (χ0) is 14.7. The van der Waals surface area contributed by atoms with Crippen molar-refractivity contribution in [2.24, 2.45) is 0 Å². The summed E-state index contributed by atoms with van der Waals surface area (Å²) in [5, 5.41) is 0.630. The number of alkyl halides is 1. The molecule has 20 heavy (non-hydrogen) atoms. The van der Waals surface area contributed by atoms with E-state index in [-0.39, 0.29) is 11.9 Å². The van der Waals surface area contributed by atoms with Gasteiger partial charge in [0.15, 0.2) is 0 Å². The summed E-state index contributed by atoms with van der Waals surface area (Å²) in [6, 6.07) is 12.3. The average molecular weight is 312 g/mol. The first-order valence-corrected chi connectivity index (χ1v) is 7.28. The van der Waals surface area contributed by atoms with Crippen LogP contribution in [0.5, 0.6) is 0 Å². The predicted molar refractivity (Wildman–Crippen MR) is 84.2 cm³/mol. The summed E-state index contributed by atoms with van der Waals surface area (Å²) in [6.07, 6.45) is 0. The van der Waals surface area contributed by atoms with Crippen LogP contribution < -0.4 is 4.90 Å². The Morgan fingerprint density at radius 1 is 1.15 bits per heavy atom. The Hall–Kier alpha value is -1.25. The molecule has 0 aliphatic rings. The van der Waals surface area contributed by atoms with E-state index in [0.29, 0.717) is 16.5 Å². The van der Waals surface area contributed by atoms with Crippen LogP contribution in [0.15, 0.2) is 42.5 Å². The monoisotopic (exact) mass is 311 g/mol. The van der Waals surface area contributed by atoms with Crippen LogP contribution in [-0.4, -0.2) is 7.05 Å². The molecule has 0 heterocycles. The lowest BCUT2D eigenvalue weighted by Crippen LogP contribution is -2.23. The standard InChI is InChI=1S/C16H16Cl2FN/c1-11(12-6-3-4-8-15(12)19)20(2)16-9-5-7-14(18)13(16)10-17/h3-9,11H,10H2,1-2H3. The van der Waals surface area contributed by atoms with Crippen LogP contribution in [0.25, 0.3) is 0 Å². The van der Waals surface area contributed by atoms with Gasteiger partial charge in [0.2, 0.25) is 0 Å². The van der Waals surface area contributed by atoms with E-state index < -0.39 is 0 Å². The number of hydrogen-bond donors (Lipinski definition) is 0. The minimum absolute atomic E-state index is 0.114. The van der Waals surface area contributed by atoms with E-state index in [9.17, 15) is 4.39 Å². The summed E-state index contributed by atoms with van der Waals surface area (Å²) in [5.41, 5.74) is 2.43. The third-order valence-corrected chi connectivity index (χ3v) is 4.17. The van der Waals surface area contributed by atoms with Gasteiger partial charge in [0.25, 0.3) is 0 Å². The van der Waals surface area contributed by atoms with Crippen LogP contribution in [0.1, 0.15) is 24.1 Å². The molecule has 2 aromatic carbocycles. The van der Waals surface area contributed by atoms with Gasteiger partial charge < -0.3 is 4.90 Å². The molecule has 0 bridgehead atoms. The van der Waals surface area contributed by atoms with Gasteiger partial charge in [0.1, 0.15) is 5.82 Å². The first-order valence-electron chi connectivity index (χ1n) is 6.37. The van der Waals surface area contributed by atoms with Crippen molar-refractivity contribution in [3.05, 3.63) is 64.4 Å². The van der Waals surface area contributed by atoms with Crippen molar-refractivity contribution in [3.8, 4) is 0 Å². The third-order valence-electron chi connectivity index (χ3n) is 3.54. The molecule has 0 radical (unpaired) electrons. The van der Waals surface area contributed by atoms with Gasteiger partial charge >= 0.3 is 0 Å². The normalized spacial score (nSPS) is 12.2. The van der Waals surface area contributed by atoms with E-state index in [2.05, 4.69) is 0 Å². The van der Waals surface area contributed by atoms with Gasteiger partial charge in [0, 0.05) is 28.9 Å². The van der Waals surface area contributed by atoms with E-state index in [0.717, 1.165) is 11.3 Å². The van der Waals surface area contributed by atoms with Gasteiger partial charge in [-0.15, -0.1) is 11.6 Å². The predicted octanol–water partition coefficient (Wildman–Crippen LogP) is 5.42. The van der Waals surface area contributed by atoms with Crippen molar-refractivity contribution < 1.29 is 4.39 Å². The maximum Gasteiger partial charge on any atom is 0.128 e. The number of anilines is 1. The van der Waals surface area contributed by atoms with Crippen molar-refractivity contribution in [1.29, 1.82) is 0 Å². The minimum atomic E-state index is -0.207. The maximum atomic E-state index is 13.9. The highest BCUT2D eigenvalue weighted by Crippen LogP contribution is 2.33. The van der Waals surface area contributed by atoms with E-state index in [4.69, 9.17) is 23.2 Å². The van der Waals surface area contributed by atoms with Crippen molar-refractivity contribution in [2.75, 3.05) is 11.9 Å². The zero-order valence-corrected chi connectivity index (χ0v) is 12.9. The topological polar surface area (TPSA) is 3.24 Å². The molecule has 0 aliphatic carbocycles. The number of rotatable bonds is 4. The molecule has 0 saturated carbocycles. The highest BCUT2D eigenvalue weighted by atomic mass is 35.5. The van der Waals surface area contributed by atoms with Crippen LogP contribution >= 0.6 is 23.2 Å². The molecule has 1 unspecified atom stereocenters. The highest BCUT2D eigenvalue weighted by Gasteiger charge is 2.18. The van der Waals surface area contributed by atoms with Crippen LogP contribution in [-0.2, 0) is 5.88 Å². The van der Waals surface area contributed by atoms with Crippen molar-refractivity contribution in [3.63, 3.8) is 0 Å². The molecular weight excluding hydrogens is 296 g/mol. The maximum absolute atomic E-state index is 13.9. The summed E-state index contributed by atoms with van der Waals surface area (Å²) in [5.74, 6) is 0.116. The summed E-state index contributed by atoms with van der Waals surface area (Å²) in [6.45, 7) is 1.96. The largest absolute Gasteiger partial charge is 0.367 e. The molecule has 1 nitrogen and oxygen atoms in total. The van der Waals surface area contributed by atoms with Crippen molar-refractivity contribution in [1.82, 2.24) is 0 Å².